The predicted molar refractivity (Wildman–Crippen MR) is 118 cm³/mol. The average Bonchev–Trinajstić information content (AvgIpc) is 2.66. The molecule has 0 amide bonds. The number of ether oxygens (including phenoxy) is 2. The van der Waals surface area contributed by atoms with E-state index in [9.17, 15) is 8.42 Å². The van der Waals surface area contributed by atoms with E-state index in [0.717, 1.165) is 36.0 Å². The highest BCUT2D eigenvalue weighted by molar-refractivity contribution is 7.92. The van der Waals surface area contributed by atoms with Gasteiger partial charge in [-0.2, -0.15) is 0 Å². The van der Waals surface area contributed by atoms with Crippen molar-refractivity contribution >= 4 is 15.8 Å². The van der Waals surface area contributed by atoms with Crippen LogP contribution in [0.1, 0.15) is 40.2 Å². The zero-order chi connectivity index (χ0) is 21.5. The van der Waals surface area contributed by atoms with Crippen molar-refractivity contribution < 1.29 is 17.9 Å². The van der Waals surface area contributed by atoms with Gasteiger partial charge in [0.05, 0.1) is 23.7 Å². The molecule has 2 rings (SSSR count). The first-order valence-electron chi connectivity index (χ1n) is 10.4. The predicted octanol–water partition coefficient (Wildman–Crippen LogP) is 2.50. The third-order valence-electron chi connectivity index (χ3n) is 4.95. The molecule has 7 nitrogen and oxygen atoms in total. The fourth-order valence-corrected chi connectivity index (χ4v) is 4.66. The fourth-order valence-electron chi connectivity index (χ4n) is 3.29. The van der Waals surface area contributed by atoms with E-state index in [4.69, 9.17) is 14.5 Å². The molecule has 0 bridgehead atoms. The maximum Gasteiger partial charge on any atom is 0.194 e. The Balaban J connectivity index is 2.08. The summed E-state index contributed by atoms with van der Waals surface area (Å²) >= 11 is 0. The van der Waals surface area contributed by atoms with Gasteiger partial charge < -0.3 is 19.7 Å². The molecular formula is C21H35N3O4S. The molecular weight excluding hydrogens is 390 g/mol. The first-order valence-corrected chi connectivity index (χ1v) is 12.0. The molecule has 1 heterocycles. The van der Waals surface area contributed by atoms with Crippen molar-refractivity contribution in [3.8, 4) is 11.5 Å². The fraction of sp³-hybridized carbons (Fsp3) is 0.667. The van der Waals surface area contributed by atoms with Gasteiger partial charge in [-0.15, -0.1) is 0 Å². The molecule has 0 saturated carbocycles. The molecule has 1 aromatic rings. The van der Waals surface area contributed by atoms with E-state index in [1.54, 1.807) is 13.8 Å². The minimum Gasteiger partial charge on any atom is -0.490 e. The van der Waals surface area contributed by atoms with Gasteiger partial charge in [0.2, 0.25) is 0 Å². The summed E-state index contributed by atoms with van der Waals surface area (Å²) in [5.41, 5.74) is 1.12. The van der Waals surface area contributed by atoms with E-state index < -0.39 is 14.6 Å². The number of nitrogens with one attached hydrogen (secondary N) is 1. The van der Waals surface area contributed by atoms with Gasteiger partial charge in [-0.3, -0.25) is 4.99 Å². The lowest BCUT2D eigenvalue weighted by Crippen LogP contribution is -2.57. The second kappa shape index (κ2) is 10.2. The van der Waals surface area contributed by atoms with E-state index in [0.29, 0.717) is 32.8 Å². The van der Waals surface area contributed by atoms with Crippen LogP contribution in [-0.2, 0) is 16.3 Å². The van der Waals surface area contributed by atoms with E-state index >= 15 is 0 Å². The molecule has 29 heavy (non-hydrogen) atoms. The minimum atomic E-state index is -3.08. The van der Waals surface area contributed by atoms with Crippen LogP contribution in [0.3, 0.4) is 0 Å². The monoisotopic (exact) mass is 425 g/mol. The van der Waals surface area contributed by atoms with Gasteiger partial charge in [-0.1, -0.05) is 6.07 Å². The Morgan fingerprint density at radius 2 is 1.86 bits per heavy atom. The zero-order valence-corrected chi connectivity index (χ0v) is 19.1. The van der Waals surface area contributed by atoms with Crippen LogP contribution in [0.2, 0.25) is 0 Å². The van der Waals surface area contributed by atoms with Gasteiger partial charge >= 0.3 is 0 Å². The minimum absolute atomic E-state index is 0.154. The Hall–Kier alpha value is -1.96. The van der Waals surface area contributed by atoms with Crippen LogP contribution < -0.4 is 14.8 Å². The van der Waals surface area contributed by atoms with Gasteiger partial charge in [-0.05, 0) is 58.7 Å². The van der Waals surface area contributed by atoms with Crippen LogP contribution >= 0.6 is 0 Å². The summed E-state index contributed by atoms with van der Waals surface area (Å²) in [6.45, 7) is 12.9. The molecule has 8 heteroatoms. The molecule has 0 spiro atoms. The highest BCUT2D eigenvalue weighted by Gasteiger charge is 2.40. The van der Waals surface area contributed by atoms with E-state index in [1.165, 1.54) is 0 Å². The number of nitrogens with zero attached hydrogens (tertiary/aromatic N) is 2. The molecule has 1 aliphatic heterocycles. The van der Waals surface area contributed by atoms with Crippen molar-refractivity contribution in [3.63, 3.8) is 0 Å². The van der Waals surface area contributed by atoms with Crippen molar-refractivity contribution in [1.29, 1.82) is 0 Å². The van der Waals surface area contributed by atoms with Gasteiger partial charge in [-0.25, -0.2) is 8.42 Å². The molecule has 0 aromatic heterocycles. The largest absolute Gasteiger partial charge is 0.490 e. The van der Waals surface area contributed by atoms with Crippen molar-refractivity contribution in [2.75, 3.05) is 45.1 Å². The highest BCUT2D eigenvalue weighted by atomic mass is 32.2. The van der Waals surface area contributed by atoms with Crippen molar-refractivity contribution in [2.24, 2.45) is 4.99 Å². The molecule has 1 aliphatic rings. The summed E-state index contributed by atoms with van der Waals surface area (Å²) in [5, 5.41) is 3.30. The molecule has 1 N–H and O–H groups in total. The van der Waals surface area contributed by atoms with Crippen LogP contribution in [-0.4, -0.2) is 69.2 Å². The smallest absolute Gasteiger partial charge is 0.194 e. The normalized spacial score (nSPS) is 18.4. The second-order valence-electron chi connectivity index (χ2n) is 7.63. The van der Waals surface area contributed by atoms with Gasteiger partial charge in [0.1, 0.15) is 0 Å². The number of hydrogen-bond donors (Lipinski definition) is 1. The molecule has 0 atom stereocenters. The van der Waals surface area contributed by atoms with Gasteiger partial charge in [0.25, 0.3) is 0 Å². The molecule has 0 aliphatic carbocycles. The summed E-state index contributed by atoms with van der Waals surface area (Å²) in [6.07, 6.45) is 0.761. The maximum atomic E-state index is 12.3. The van der Waals surface area contributed by atoms with E-state index in [-0.39, 0.29) is 5.75 Å². The number of guanidine groups is 1. The average molecular weight is 426 g/mol. The Morgan fingerprint density at radius 3 is 2.48 bits per heavy atom. The van der Waals surface area contributed by atoms with Crippen molar-refractivity contribution in [1.82, 2.24) is 10.2 Å². The zero-order valence-electron chi connectivity index (χ0n) is 18.3. The quantitative estimate of drug-likeness (QED) is 0.509. The van der Waals surface area contributed by atoms with Gasteiger partial charge in [0.15, 0.2) is 27.3 Å². The van der Waals surface area contributed by atoms with Crippen molar-refractivity contribution in [3.05, 3.63) is 23.8 Å². The molecule has 1 saturated heterocycles. The molecule has 164 valence electrons. The Labute approximate surface area is 175 Å². The summed E-state index contributed by atoms with van der Waals surface area (Å²) in [4.78, 5) is 6.79. The topological polar surface area (TPSA) is 80.2 Å². The number of rotatable bonds is 8. The summed E-state index contributed by atoms with van der Waals surface area (Å²) in [5.74, 6) is 2.44. The van der Waals surface area contributed by atoms with Crippen LogP contribution in [0.5, 0.6) is 11.5 Å². The molecule has 0 unspecified atom stereocenters. The lowest BCUT2D eigenvalue weighted by molar-refractivity contribution is 0.287. The van der Waals surface area contributed by atoms with Gasteiger partial charge in [0, 0.05) is 26.2 Å². The van der Waals surface area contributed by atoms with E-state index in [1.807, 2.05) is 43.9 Å². The lowest BCUT2D eigenvalue weighted by Gasteiger charge is -2.39. The summed E-state index contributed by atoms with van der Waals surface area (Å²) in [7, 11) is -3.08. The number of benzene rings is 1. The van der Waals surface area contributed by atoms with Crippen LogP contribution in [0, 0.1) is 0 Å². The maximum absolute atomic E-state index is 12.3. The Morgan fingerprint density at radius 1 is 1.17 bits per heavy atom. The van der Waals surface area contributed by atoms with Crippen LogP contribution in [0.4, 0.5) is 0 Å². The molecule has 1 aromatic carbocycles. The highest BCUT2D eigenvalue weighted by Crippen LogP contribution is 2.29. The standard InChI is InChI=1S/C21H35N3O4S/c1-6-22-20(24-13-14-29(25,26)21(4,5)16-24)23-12-11-17-9-10-18(27-7-2)19(15-17)28-8-3/h9-10,15H,6-8,11-14,16H2,1-5H3,(H,22,23). The number of sulfone groups is 1. The second-order valence-corrected chi connectivity index (χ2v) is 10.4. The third kappa shape index (κ3) is 6.01. The van der Waals surface area contributed by atoms with Crippen molar-refractivity contribution in [2.45, 2.75) is 45.8 Å². The lowest BCUT2D eigenvalue weighted by atomic mass is 10.1. The summed E-state index contributed by atoms with van der Waals surface area (Å²) in [6, 6.07) is 5.98. The molecule has 1 fully saturated rings. The van der Waals surface area contributed by atoms with Crippen LogP contribution in [0.15, 0.2) is 23.2 Å². The first kappa shape index (κ1) is 23.3. The number of aliphatic imine (C=N–C) groups is 1. The SMILES string of the molecule is CCNC(=NCCc1ccc(OCC)c(OCC)c1)N1CCS(=O)(=O)C(C)(C)C1. The van der Waals surface area contributed by atoms with E-state index in [2.05, 4.69) is 5.32 Å². The Bertz CT molecular complexity index is 806. The Kier molecular flexibility index (Phi) is 8.19. The summed E-state index contributed by atoms with van der Waals surface area (Å²) < 4.78 is 35.1. The third-order valence-corrected chi connectivity index (χ3v) is 7.48. The molecule has 0 radical (unpaired) electrons. The van der Waals surface area contributed by atoms with Crippen LogP contribution in [0.25, 0.3) is 0 Å². The first-order chi connectivity index (χ1) is 13.7. The number of hydrogen-bond acceptors (Lipinski definition) is 5.